The first-order chi connectivity index (χ1) is 16.4. The number of amides is 1. The lowest BCUT2D eigenvalue weighted by molar-refractivity contribution is -0.119. The molecule has 34 heavy (non-hydrogen) atoms. The Morgan fingerprint density at radius 3 is 2.44 bits per heavy atom. The molecule has 1 N–H and O–H groups in total. The SMILES string of the molecule is O=C(COC(=O)c1cn(Cc2ccccc2)nn1)Nc1ccc(S(=O)(=O)N2CCOCC2)cc1. The van der Waals surface area contributed by atoms with Crippen LogP contribution in [0.25, 0.3) is 0 Å². The van der Waals surface area contributed by atoms with Crippen molar-refractivity contribution in [1.82, 2.24) is 19.3 Å². The van der Waals surface area contributed by atoms with Gasteiger partial charge in [0.1, 0.15) is 0 Å². The van der Waals surface area contributed by atoms with Crippen LogP contribution in [-0.4, -0.2) is 72.5 Å². The number of carbonyl (C=O) groups is 2. The monoisotopic (exact) mass is 485 g/mol. The zero-order chi connectivity index (χ0) is 24.0. The van der Waals surface area contributed by atoms with Crippen LogP contribution >= 0.6 is 0 Å². The third-order valence-electron chi connectivity index (χ3n) is 5.02. The molecule has 11 nitrogen and oxygen atoms in total. The first kappa shape index (κ1) is 23.5. The topological polar surface area (TPSA) is 133 Å². The summed E-state index contributed by atoms with van der Waals surface area (Å²) in [4.78, 5) is 24.5. The lowest BCUT2D eigenvalue weighted by Crippen LogP contribution is -2.40. The van der Waals surface area contributed by atoms with Gasteiger partial charge in [-0.3, -0.25) is 4.79 Å². The minimum atomic E-state index is -3.62. The summed E-state index contributed by atoms with van der Waals surface area (Å²) in [7, 11) is -3.62. The van der Waals surface area contributed by atoms with E-state index in [0.717, 1.165) is 5.56 Å². The zero-order valence-corrected chi connectivity index (χ0v) is 19.0. The second-order valence-corrected chi connectivity index (χ2v) is 9.39. The third-order valence-corrected chi connectivity index (χ3v) is 6.93. The van der Waals surface area contributed by atoms with Gasteiger partial charge in [0, 0.05) is 18.8 Å². The largest absolute Gasteiger partial charge is 0.451 e. The lowest BCUT2D eigenvalue weighted by atomic mass is 10.2. The molecule has 4 rings (SSSR count). The summed E-state index contributed by atoms with van der Waals surface area (Å²) in [6, 6.07) is 15.3. The molecule has 3 aromatic rings. The van der Waals surface area contributed by atoms with E-state index in [4.69, 9.17) is 9.47 Å². The molecule has 2 heterocycles. The Bertz CT molecular complexity index is 1240. The average molecular weight is 486 g/mol. The molecule has 1 aromatic heterocycles. The molecule has 0 aliphatic carbocycles. The maximum absolute atomic E-state index is 12.6. The van der Waals surface area contributed by atoms with Gasteiger partial charge in [0.2, 0.25) is 10.0 Å². The summed E-state index contributed by atoms with van der Waals surface area (Å²) >= 11 is 0. The standard InChI is InChI=1S/C22H23N5O6S/c28-21(16-33-22(29)20-15-26(25-24-20)14-17-4-2-1-3-5-17)23-18-6-8-19(9-7-18)34(30,31)27-10-12-32-13-11-27/h1-9,15H,10-14,16H2,(H,23,28). The van der Waals surface area contributed by atoms with Gasteiger partial charge in [-0.25, -0.2) is 17.9 Å². The van der Waals surface area contributed by atoms with Gasteiger partial charge in [0.25, 0.3) is 5.91 Å². The van der Waals surface area contributed by atoms with Crippen LogP contribution in [0, 0.1) is 0 Å². The minimum Gasteiger partial charge on any atom is -0.451 e. The molecule has 1 aliphatic rings. The molecule has 0 atom stereocenters. The van der Waals surface area contributed by atoms with Crippen LogP contribution in [0.15, 0.2) is 65.7 Å². The molecule has 2 aromatic carbocycles. The van der Waals surface area contributed by atoms with Gasteiger partial charge in [0.15, 0.2) is 12.3 Å². The van der Waals surface area contributed by atoms with Gasteiger partial charge < -0.3 is 14.8 Å². The molecule has 0 spiro atoms. The van der Waals surface area contributed by atoms with Crippen LogP contribution in [0.4, 0.5) is 5.69 Å². The van der Waals surface area contributed by atoms with E-state index in [1.165, 1.54) is 39.4 Å². The number of carbonyl (C=O) groups excluding carboxylic acids is 2. The fourth-order valence-corrected chi connectivity index (χ4v) is 4.70. The number of hydrogen-bond acceptors (Lipinski definition) is 8. The van der Waals surface area contributed by atoms with E-state index in [-0.39, 0.29) is 10.6 Å². The predicted molar refractivity (Wildman–Crippen MR) is 120 cm³/mol. The number of nitrogens with one attached hydrogen (secondary N) is 1. The summed E-state index contributed by atoms with van der Waals surface area (Å²) in [6.07, 6.45) is 1.45. The van der Waals surface area contributed by atoms with Crippen LogP contribution in [0.2, 0.25) is 0 Å². The first-order valence-electron chi connectivity index (χ1n) is 10.5. The van der Waals surface area contributed by atoms with Crippen LogP contribution in [-0.2, 0) is 30.8 Å². The molecule has 0 bridgehead atoms. The number of nitrogens with zero attached hydrogens (tertiary/aromatic N) is 4. The Labute approximate surface area is 196 Å². The van der Waals surface area contributed by atoms with Crippen molar-refractivity contribution >= 4 is 27.6 Å². The fourth-order valence-electron chi connectivity index (χ4n) is 3.29. The van der Waals surface area contributed by atoms with Gasteiger partial charge in [-0.2, -0.15) is 4.31 Å². The first-order valence-corrected chi connectivity index (χ1v) is 11.9. The van der Waals surface area contributed by atoms with Crippen molar-refractivity contribution in [2.24, 2.45) is 0 Å². The van der Waals surface area contributed by atoms with Crippen molar-refractivity contribution < 1.29 is 27.5 Å². The highest BCUT2D eigenvalue weighted by Crippen LogP contribution is 2.19. The van der Waals surface area contributed by atoms with E-state index in [1.54, 1.807) is 0 Å². The molecule has 0 radical (unpaired) electrons. The quantitative estimate of drug-likeness (QED) is 0.470. The van der Waals surface area contributed by atoms with Crippen LogP contribution in [0.1, 0.15) is 16.1 Å². The molecule has 0 unspecified atom stereocenters. The Balaban J connectivity index is 1.27. The summed E-state index contributed by atoms with van der Waals surface area (Å²) in [5.41, 5.74) is 1.35. The highest BCUT2D eigenvalue weighted by molar-refractivity contribution is 7.89. The summed E-state index contributed by atoms with van der Waals surface area (Å²) < 4.78 is 38.3. The summed E-state index contributed by atoms with van der Waals surface area (Å²) in [5.74, 6) is -1.35. The second-order valence-electron chi connectivity index (χ2n) is 7.45. The van der Waals surface area contributed by atoms with Crippen LogP contribution in [0.3, 0.4) is 0 Å². The summed E-state index contributed by atoms with van der Waals surface area (Å²) in [6.45, 7) is 1.22. The number of aromatic nitrogens is 3. The van der Waals surface area contributed by atoms with Crippen molar-refractivity contribution in [2.45, 2.75) is 11.4 Å². The highest BCUT2D eigenvalue weighted by Gasteiger charge is 2.26. The molecule has 1 aliphatic heterocycles. The smallest absolute Gasteiger partial charge is 0.361 e. The highest BCUT2D eigenvalue weighted by atomic mass is 32.2. The van der Waals surface area contributed by atoms with Gasteiger partial charge in [-0.05, 0) is 29.8 Å². The maximum Gasteiger partial charge on any atom is 0.361 e. The van der Waals surface area contributed by atoms with E-state index in [0.29, 0.717) is 38.5 Å². The van der Waals surface area contributed by atoms with Gasteiger partial charge >= 0.3 is 5.97 Å². The Kier molecular flexibility index (Phi) is 7.30. The zero-order valence-electron chi connectivity index (χ0n) is 18.2. The Morgan fingerprint density at radius 2 is 1.74 bits per heavy atom. The third kappa shape index (κ3) is 5.84. The number of ether oxygens (including phenoxy) is 2. The average Bonchev–Trinajstić information content (AvgIpc) is 3.32. The van der Waals surface area contributed by atoms with Crippen LogP contribution in [0.5, 0.6) is 0 Å². The number of anilines is 1. The fraction of sp³-hybridized carbons (Fsp3) is 0.273. The molecule has 1 fully saturated rings. The van der Waals surface area contributed by atoms with Gasteiger partial charge in [-0.15, -0.1) is 5.10 Å². The lowest BCUT2D eigenvalue weighted by Gasteiger charge is -2.26. The van der Waals surface area contributed by atoms with Crippen LogP contribution < -0.4 is 5.32 Å². The molecule has 1 amide bonds. The predicted octanol–water partition coefficient (Wildman–Crippen LogP) is 1.14. The van der Waals surface area contributed by atoms with Crippen molar-refractivity contribution in [3.63, 3.8) is 0 Å². The second kappa shape index (κ2) is 10.5. The molecular weight excluding hydrogens is 462 g/mol. The Hall–Kier alpha value is -3.61. The van der Waals surface area contributed by atoms with Crippen molar-refractivity contribution in [3.05, 3.63) is 72.1 Å². The number of sulfonamides is 1. The van der Waals surface area contributed by atoms with E-state index in [9.17, 15) is 18.0 Å². The molecule has 12 heteroatoms. The van der Waals surface area contributed by atoms with E-state index >= 15 is 0 Å². The summed E-state index contributed by atoms with van der Waals surface area (Å²) in [5, 5.41) is 10.2. The number of rotatable bonds is 8. The molecular formula is C22H23N5O6S. The number of hydrogen-bond donors (Lipinski definition) is 1. The number of benzene rings is 2. The van der Waals surface area contributed by atoms with E-state index < -0.39 is 28.5 Å². The van der Waals surface area contributed by atoms with Crippen molar-refractivity contribution in [1.29, 1.82) is 0 Å². The number of esters is 1. The Morgan fingerprint density at radius 1 is 1.03 bits per heavy atom. The molecule has 1 saturated heterocycles. The number of morpholine rings is 1. The maximum atomic E-state index is 12.6. The van der Waals surface area contributed by atoms with Gasteiger partial charge in [-0.1, -0.05) is 35.5 Å². The van der Waals surface area contributed by atoms with E-state index in [2.05, 4.69) is 15.6 Å². The molecule has 178 valence electrons. The van der Waals surface area contributed by atoms with Crippen molar-refractivity contribution in [2.75, 3.05) is 38.2 Å². The minimum absolute atomic E-state index is 0.0126. The van der Waals surface area contributed by atoms with Gasteiger partial charge in [0.05, 0.1) is 30.9 Å². The normalized spacial score (nSPS) is 14.5. The van der Waals surface area contributed by atoms with Crippen molar-refractivity contribution in [3.8, 4) is 0 Å². The molecule has 0 saturated carbocycles. The van der Waals surface area contributed by atoms with E-state index in [1.807, 2.05) is 30.3 Å².